The summed E-state index contributed by atoms with van der Waals surface area (Å²) in [5.74, 6) is 0.676. The summed E-state index contributed by atoms with van der Waals surface area (Å²) < 4.78 is 6.60. The van der Waals surface area contributed by atoms with Crippen molar-refractivity contribution in [3.63, 3.8) is 0 Å². The largest absolute Gasteiger partial charge is 0.497 e. The van der Waals surface area contributed by atoms with Crippen LogP contribution in [0.2, 0.25) is 0 Å². The van der Waals surface area contributed by atoms with Crippen LogP contribution in [0.1, 0.15) is 17.4 Å². The van der Waals surface area contributed by atoms with Crippen molar-refractivity contribution < 1.29 is 9.53 Å². The van der Waals surface area contributed by atoms with Gasteiger partial charge in [0.2, 0.25) is 0 Å². The molecule has 0 saturated carbocycles. The molecule has 0 amide bonds. The van der Waals surface area contributed by atoms with Crippen LogP contribution in [0.3, 0.4) is 0 Å². The minimum atomic E-state index is -0.0974. The second-order valence-corrected chi connectivity index (χ2v) is 3.30. The third kappa shape index (κ3) is 1.93. The molecular formula is C11H11N3O2. The Bertz CT molecular complexity index is 502. The van der Waals surface area contributed by atoms with Gasteiger partial charge in [0.15, 0.2) is 5.78 Å². The maximum Gasteiger partial charge on any atom is 0.181 e. The molecule has 16 heavy (non-hydrogen) atoms. The minimum Gasteiger partial charge on any atom is -0.497 e. The molecule has 0 radical (unpaired) electrons. The van der Waals surface area contributed by atoms with Crippen LogP contribution in [-0.2, 0) is 0 Å². The Labute approximate surface area is 92.7 Å². The first-order chi connectivity index (χ1) is 7.70. The first-order valence-corrected chi connectivity index (χ1v) is 4.78. The molecule has 0 N–H and O–H groups in total. The van der Waals surface area contributed by atoms with Gasteiger partial charge in [-0.2, -0.15) is 0 Å². The first-order valence-electron chi connectivity index (χ1n) is 4.78. The van der Waals surface area contributed by atoms with Gasteiger partial charge in [0.1, 0.15) is 11.4 Å². The lowest BCUT2D eigenvalue weighted by Crippen LogP contribution is -1.94. The molecule has 1 heterocycles. The fourth-order valence-electron chi connectivity index (χ4n) is 1.29. The molecule has 2 aromatic rings. The number of aromatic nitrogens is 3. The van der Waals surface area contributed by atoms with E-state index in [4.69, 9.17) is 4.74 Å². The van der Waals surface area contributed by atoms with Crippen LogP contribution in [0.4, 0.5) is 0 Å². The fourth-order valence-corrected chi connectivity index (χ4v) is 1.29. The summed E-state index contributed by atoms with van der Waals surface area (Å²) in [7, 11) is 1.61. The first kappa shape index (κ1) is 10.4. The fraction of sp³-hybridized carbons (Fsp3) is 0.182. The van der Waals surface area contributed by atoms with Crippen molar-refractivity contribution in [2.24, 2.45) is 0 Å². The Hall–Kier alpha value is -2.17. The Kier molecular flexibility index (Phi) is 2.68. The summed E-state index contributed by atoms with van der Waals surface area (Å²) in [6.07, 6.45) is 1.60. The van der Waals surface area contributed by atoms with Gasteiger partial charge in [-0.15, -0.1) is 5.10 Å². The normalized spacial score (nSPS) is 10.1. The molecule has 0 aliphatic heterocycles. The summed E-state index contributed by atoms with van der Waals surface area (Å²) in [6, 6.07) is 7.34. The molecule has 82 valence electrons. The molecule has 5 heteroatoms. The highest BCUT2D eigenvalue weighted by molar-refractivity contribution is 5.91. The van der Waals surface area contributed by atoms with E-state index in [0.29, 0.717) is 5.69 Å². The zero-order valence-electron chi connectivity index (χ0n) is 9.04. The number of ether oxygens (including phenoxy) is 1. The standard InChI is InChI=1S/C11H11N3O2/c1-8(15)11-7-14(13-12-11)9-3-5-10(16-2)6-4-9/h3-7H,1-2H3. The molecular weight excluding hydrogens is 206 g/mol. The van der Waals surface area contributed by atoms with Crippen molar-refractivity contribution in [1.29, 1.82) is 0 Å². The highest BCUT2D eigenvalue weighted by atomic mass is 16.5. The van der Waals surface area contributed by atoms with E-state index in [-0.39, 0.29) is 5.78 Å². The van der Waals surface area contributed by atoms with Crippen molar-refractivity contribution >= 4 is 5.78 Å². The van der Waals surface area contributed by atoms with Crippen LogP contribution < -0.4 is 4.74 Å². The number of carbonyl (C=O) groups is 1. The monoisotopic (exact) mass is 217 g/mol. The van der Waals surface area contributed by atoms with Crippen LogP contribution in [0, 0.1) is 0 Å². The molecule has 1 aromatic carbocycles. The van der Waals surface area contributed by atoms with Crippen molar-refractivity contribution in [3.05, 3.63) is 36.2 Å². The number of hydrogen-bond donors (Lipinski definition) is 0. The number of hydrogen-bond acceptors (Lipinski definition) is 4. The SMILES string of the molecule is COc1ccc(-n2cc(C(C)=O)nn2)cc1. The van der Waals surface area contributed by atoms with E-state index >= 15 is 0 Å². The predicted octanol–water partition coefficient (Wildman–Crippen LogP) is 1.48. The van der Waals surface area contributed by atoms with Gasteiger partial charge in [-0.3, -0.25) is 4.79 Å². The molecule has 0 saturated heterocycles. The van der Waals surface area contributed by atoms with Crippen molar-refractivity contribution in [2.45, 2.75) is 6.92 Å². The Morgan fingerprint density at radius 1 is 1.31 bits per heavy atom. The lowest BCUT2D eigenvalue weighted by Gasteiger charge is -2.01. The predicted molar refractivity (Wildman–Crippen MR) is 57.9 cm³/mol. The number of methoxy groups -OCH3 is 1. The third-order valence-corrected chi connectivity index (χ3v) is 2.19. The number of benzene rings is 1. The van der Waals surface area contributed by atoms with Crippen LogP contribution >= 0.6 is 0 Å². The molecule has 0 atom stereocenters. The van der Waals surface area contributed by atoms with Crippen molar-refractivity contribution in [2.75, 3.05) is 7.11 Å². The minimum absolute atomic E-state index is 0.0974. The number of Topliss-reactive ketones (excluding diaryl/α,β-unsaturated/α-hetero) is 1. The van der Waals surface area contributed by atoms with Crippen LogP contribution in [0.15, 0.2) is 30.5 Å². The number of nitrogens with zero attached hydrogens (tertiary/aromatic N) is 3. The quantitative estimate of drug-likeness (QED) is 0.731. The molecule has 0 bridgehead atoms. The highest BCUT2D eigenvalue weighted by Crippen LogP contribution is 2.14. The lowest BCUT2D eigenvalue weighted by atomic mass is 10.3. The van der Waals surface area contributed by atoms with Gasteiger partial charge in [-0.05, 0) is 24.3 Å². The molecule has 0 aliphatic carbocycles. The Balaban J connectivity index is 2.31. The summed E-state index contributed by atoms with van der Waals surface area (Å²) >= 11 is 0. The molecule has 5 nitrogen and oxygen atoms in total. The summed E-state index contributed by atoms with van der Waals surface area (Å²) in [5.41, 5.74) is 1.19. The number of carbonyl (C=O) groups excluding carboxylic acids is 1. The van der Waals surface area contributed by atoms with E-state index in [0.717, 1.165) is 11.4 Å². The van der Waals surface area contributed by atoms with Crippen LogP contribution in [0.25, 0.3) is 5.69 Å². The van der Waals surface area contributed by atoms with Gasteiger partial charge in [0.05, 0.1) is 19.0 Å². The molecule has 1 aromatic heterocycles. The lowest BCUT2D eigenvalue weighted by molar-refractivity contribution is 0.101. The maximum absolute atomic E-state index is 11.1. The van der Waals surface area contributed by atoms with E-state index in [2.05, 4.69) is 10.3 Å². The molecule has 2 rings (SSSR count). The van der Waals surface area contributed by atoms with Gasteiger partial charge in [-0.25, -0.2) is 4.68 Å². The molecule has 0 fully saturated rings. The summed E-state index contributed by atoms with van der Waals surface area (Å²) in [4.78, 5) is 11.1. The smallest absolute Gasteiger partial charge is 0.181 e. The van der Waals surface area contributed by atoms with E-state index in [1.165, 1.54) is 6.92 Å². The summed E-state index contributed by atoms with van der Waals surface area (Å²) in [6.45, 7) is 1.46. The Morgan fingerprint density at radius 2 is 2.00 bits per heavy atom. The van der Waals surface area contributed by atoms with E-state index in [1.807, 2.05) is 24.3 Å². The molecule has 0 aliphatic rings. The molecule has 0 spiro atoms. The van der Waals surface area contributed by atoms with Crippen LogP contribution in [-0.4, -0.2) is 27.9 Å². The second-order valence-electron chi connectivity index (χ2n) is 3.30. The van der Waals surface area contributed by atoms with Gasteiger partial charge >= 0.3 is 0 Å². The van der Waals surface area contributed by atoms with Crippen LogP contribution in [0.5, 0.6) is 5.75 Å². The average Bonchev–Trinajstić information content (AvgIpc) is 2.78. The van der Waals surface area contributed by atoms with Gasteiger partial charge in [0.25, 0.3) is 0 Å². The summed E-state index contributed by atoms with van der Waals surface area (Å²) in [5, 5.41) is 7.64. The number of rotatable bonds is 3. The average molecular weight is 217 g/mol. The van der Waals surface area contributed by atoms with Crippen molar-refractivity contribution in [1.82, 2.24) is 15.0 Å². The van der Waals surface area contributed by atoms with E-state index < -0.39 is 0 Å². The second kappa shape index (κ2) is 4.14. The van der Waals surface area contributed by atoms with Crippen molar-refractivity contribution in [3.8, 4) is 11.4 Å². The molecule has 0 unspecified atom stereocenters. The van der Waals surface area contributed by atoms with Gasteiger partial charge < -0.3 is 4.74 Å². The topological polar surface area (TPSA) is 57.0 Å². The maximum atomic E-state index is 11.1. The van der Waals surface area contributed by atoms with E-state index in [1.54, 1.807) is 18.0 Å². The van der Waals surface area contributed by atoms with Gasteiger partial charge in [-0.1, -0.05) is 5.21 Å². The zero-order chi connectivity index (χ0) is 11.5. The van der Waals surface area contributed by atoms with Gasteiger partial charge in [0, 0.05) is 6.92 Å². The Morgan fingerprint density at radius 3 is 2.50 bits per heavy atom. The number of ketones is 1. The third-order valence-electron chi connectivity index (χ3n) is 2.19. The highest BCUT2D eigenvalue weighted by Gasteiger charge is 2.06. The zero-order valence-corrected chi connectivity index (χ0v) is 9.04. The van der Waals surface area contributed by atoms with E-state index in [9.17, 15) is 4.79 Å².